The molecule has 0 aliphatic rings. The highest BCUT2D eigenvalue weighted by molar-refractivity contribution is 9.10. The second kappa shape index (κ2) is 10.7. The molecule has 4 heteroatoms. The molecule has 0 aliphatic carbocycles. The Hall–Kier alpha value is -3.34. The van der Waals surface area contributed by atoms with Gasteiger partial charge in [-0.15, -0.1) is 0 Å². The lowest BCUT2D eigenvalue weighted by atomic mass is 10.1. The first-order valence-electron chi connectivity index (χ1n) is 11.8. The van der Waals surface area contributed by atoms with Crippen LogP contribution in [-0.2, 0) is 0 Å². The molecule has 0 aliphatic heterocycles. The van der Waals surface area contributed by atoms with Crippen molar-refractivity contribution in [2.45, 2.75) is 13.8 Å². The predicted octanol–water partition coefficient (Wildman–Crippen LogP) is 10.8. The van der Waals surface area contributed by atoms with E-state index in [0.717, 1.165) is 43.1 Å². The minimum Gasteiger partial charge on any atom is -0.311 e. The number of benzene rings is 5. The summed E-state index contributed by atoms with van der Waals surface area (Å²) >= 11 is 7.13. The largest absolute Gasteiger partial charge is 0.311 e. The molecule has 0 bridgehead atoms. The average Bonchev–Trinajstić information content (AvgIpc) is 2.90. The summed E-state index contributed by atoms with van der Waals surface area (Å²) in [5.74, 6) is 0. The van der Waals surface area contributed by atoms with Gasteiger partial charge in [-0.1, -0.05) is 67.3 Å². The molecule has 0 amide bonds. The van der Waals surface area contributed by atoms with Crippen molar-refractivity contribution in [2.75, 3.05) is 9.80 Å². The summed E-state index contributed by atoms with van der Waals surface area (Å²) < 4.78 is 2.12. The maximum atomic E-state index is 3.57. The van der Waals surface area contributed by atoms with Crippen molar-refractivity contribution in [3.8, 4) is 0 Å². The molecule has 0 unspecified atom stereocenters. The van der Waals surface area contributed by atoms with Crippen LogP contribution in [-0.4, -0.2) is 0 Å². The molecule has 0 saturated carbocycles. The third-order valence-electron chi connectivity index (χ3n) is 6.12. The van der Waals surface area contributed by atoms with Crippen LogP contribution in [0.4, 0.5) is 34.1 Å². The van der Waals surface area contributed by atoms with E-state index in [0.29, 0.717) is 0 Å². The van der Waals surface area contributed by atoms with E-state index in [1.807, 2.05) is 0 Å². The zero-order valence-corrected chi connectivity index (χ0v) is 23.4. The molecule has 0 aromatic heterocycles. The Kier molecular flexibility index (Phi) is 7.26. The van der Waals surface area contributed by atoms with Gasteiger partial charge in [0.15, 0.2) is 0 Å². The van der Waals surface area contributed by atoms with Crippen LogP contribution in [0.2, 0.25) is 0 Å². The zero-order valence-electron chi connectivity index (χ0n) is 20.2. The Balaban J connectivity index is 1.57. The number of hydrogen-bond donors (Lipinski definition) is 0. The Morgan fingerprint density at radius 3 is 0.778 bits per heavy atom. The van der Waals surface area contributed by atoms with E-state index in [2.05, 4.69) is 177 Å². The molecule has 5 aromatic carbocycles. The summed E-state index contributed by atoms with van der Waals surface area (Å²) in [6.07, 6.45) is 0. The van der Waals surface area contributed by atoms with E-state index in [1.54, 1.807) is 0 Å². The van der Waals surface area contributed by atoms with Crippen LogP contribution >= 0.6 is 31.9 Å². The Morgan fingerprint density at radius 2 is 0.528 bits per heavy atom. The highest BCUT2D eigenvalue weighted by Crippen LogP contribution is 2.39. The maximum Gasteiger partial charge on any atom is 0.0463 e. The number of halogens is 2. The van der Waals surface area contributed by atoms with E-state index in [9.17, 15) is 0 Å². The van der Waals surface area contributed by atoms with E-state index in [4.69, 9.17) is 0 Å². The normalized spacial score (nSPS) is 10.8. The lowest BCUT2D eigenvalue weighted by Gasteiger charge is -2.28. The first kappa shape index (κ1) is 24.4. The average molecular weight is 598 g/mol. The Morgan fingerprint density at radius 1 is 0.333 bits per heavy atom. The van der Waals surface area contributed by atoms with Crippen LogP contribution in [0.15, 0.2) is 130 Å². The van der Waals surface area contributed by atoms with E-state index in [1.165, 1.54) is 11.1 Å². The second-order valence-electron chi connectivity index (χ2n) is 8.81. The summed E-state index contributed by atoms with van der Waals surface area (Å²) in [5.41, 5.74) is 9.17. The molecule has 2 nitrogen and oxygen atoms in total. The van der Waals surface area contributed by atoms with Gasteiger partial charge in [-0.3, -0.25) is 0 Å². The first-order valence-corrected chi connectivity index (χ1v) is 13.4. The van der Waals surface area contributed by atoms with Gasteiger partial charge in [-0.2, -0.15) is 0 Å². The minimum atomic E-state index is 1.06. The molecule has 36 heavy (non-hydrogen) atoms. The van der Waals surface area contributed by atoms with Gasteiger partial charge < -0.3 is 9.80 Å². The summed E-state index contributed by atoms with van der Waals surface area (Å²) in [4.78, 5) is 4.57. The van der Waals surface area contributed by atoms with Gasteiger partial charge in [0.2, 0.25) is 0 Å². The fourth-order valence-corrected chi connectivity index (χ4v) is 4.74. The van der Waals surface area contributed by atoms with Crippen LogP contribution in [0.5, 0.6) is 0 Å². The van der Waals surface area contributed by atoms with Crippen LogP contribution in [0.25, 0.3) is 0 Å². The zero-order chi connectivity index (χ0) is 25.1. The molecule has 0 heterocycles. The van der Waals surface area contributed by atoms with Crippen molar-refractivity contribution >= 4 is 66.0 Å². The smallest absolute Gasteiger partial charge is 0.0463 e. The summed E-state index contributed by atoms with van der Waals surface area (Å²) in [6.45, 7) is 4.24. The van der Waals surface area contributed by atoms with Crippen LogP contribution in [0.1, 0.15) is 11.1 Å². The third-order valence-corrected chi connectivity index (χ3v) is 7.18. The molecule has 0 radical (unpaired) electrons. The second-order valence-corrected chi connectivity index (χ2v) is 10.6. The van der Waals surface area contributed by atoms with Gasteiger partial charge >= 0.3 is 0 Å². The summed E-state index contributed by atoms with van der Waals surface area (Å²) in [5, 5.41) is 0. The van der Waals surface area contributed by atoms with E-state index >= 15 is 0 Å². The minimum absolute atomic E-state index is 1.06. The van der Waals surface area contributed by atoms with Crippen LogP contribution in [0, 0.1) is 13.8 Å². The highest BCUT2D eigenvalue weighted by atomic mass is 79.9. The van der Waals surface area contributed by atoms with Gasteiger partial charge in [0.1, 0.15) is 0 Å². The van der Waals surface area contributed by atoms with Crippen molar-refractivity contribution < 1.29 is 0 Å². The number of hydrogen-bond acceptors (Lipinski definition) is 2. The predicted molar refractivity (Wildman–Crippen MR) is 161 cm³/mol. The van der Waals surface area contributed by atoms with E-state index < -0.39 is 0 Å². The van der Waals surface area contributed by atoms with Gasteiger partial charge in [-0.25, -0.2) is 0 Å². The quantitative estimate of drug-likeness (QED) is 0.192. The molecule has 0 fully saturated rings. The van der Waals surface area contributed by atoms with E-state index in [-0.39, 0.29) is 0 Å². The maximum absolute atomic E-state index is 3.57. The van der Waals surface area contributed by atoms with Crippen LogP contribution < -0.4 is 9.80 Å². The molecule has 0 spiro atoms. The van der Waals surface area contributed by atoms with Gasteiger partial charge in [0, 0.05) is 43.1 Å². The number of rotatable bonds is 6. The van der Waals surface area contributed by atoms with Crippen molar-refractivity contribution in [2.24, 2.45) is 0 Å². The Labute approximate surface area is 230 Å². The molecular weight excluding hydrogens is 572 g/mol. The Bertz CT molecular complexity index is 1220. The molecule has 0 N–H and O–H groups in total. The monoisotopic (exact) mass is 596 g/mol. The standard InChI is InChI=1S/C32H26Br2N2/c1-23-3-11-27(12-4-23)35(28-13-5-24(2)6-14-28)31-19-21-32(22-20-31)36(29-15-7-25(33)8-16-29)30-17-9-26(34)10-18-30/h3-22H,1-2H3. The van der Waals surface area contributed by atoms with Crippen LogP contribution in [0.3, 0.4) is 0 Å². The molecule has 0 saturated heterocycles. The molecular formula is C32H26Br2N2. The molecule has 5 aromatic rings. The van der Waals surface area contributed by atoms with Crippen molar-refractivity contribution in [1.29, 1.82) is 0 Å². The number of aryl methyl sites for hydroxylation is 2. The SMILES string of the molecule is Cc1ccc(N(c2ccc(C)cc2)c2ccc(N(c3ccc(Br)cc3)c3ccc(Br)cc3)cc2)cc1. The lowest BCUT2D eigenvalue weighted by Crippen LogP contribution is -2.12. The van der Waals surface area contributed by atoms with Crippen molar-refractivity contribution in [1.82, 2.24) is 0 Å². The molecule has 0 atom stereocenters. The third kappa shape index (κ3) is 5.40. The highest BCUT2D eigenvalue weighted by Gasteiger charge is 2.16. The van der Waals surface area contributed by atoms with Gasteiger partial charge in [0.25, 0.3) is 0 Å². The van der Waals surface area contributed by atoms with Gasteiger partial charge in [-0.05, 0) is 111 Å². The van der Waals surface area contributed by atoms with Crippen molar-refractivity contribution in [3.63, 3.8) is 0 Å². The molecule has 5 rings (SSSR count). The molecule has 178 valence electrons. The van der Waals surface area contributed by atoms with Crippen molar-refractivity contribution in [3.05, 3.63) is 141 Å². The topological polar surface area (TPSA) is 6.48 Å². The fourth-order valence-electron chi connectivity index (χ4n) is 4.21. The summed E-state index contributed by atoms with van der Waals surface area (Å²) in [7, 11) is 0. The van der Waals surface area contributed by atoms with Gasteiger partial charge in [0.05, 0.1) is 0 Å². The first-order chi connectivity index (χ1) is 17.5. The number of anilines is 6. The fraction of sp³-hybridized carbons (Fsp3) is 0.0625. The lowest BCUT2D eigenvalue weighted by molar-refractivity contribution is 1.25. The number of nitrogens with zero attached hydrogens (tertiary/aromatic N) is 2. The summed E-state index contributed by atoms with van der Waals surface area (Å²) in [6, 6.07) is 42.9.